The molecule has 0 saturated carbocycles. The molecule has 0 unspecified atom stereocenters. The number of carbonyl (C=O) groups excluding carboxylic acids is 2. The first-order chi connectivity index (χ1) is 8.45. The molecule has 0 aliphatic heterocycles. The highest BCUT2D eigenvalue weighted by molar-refractivity contribution is 6.49. The predicted octanol–water partition coefficient (Wildman–Crippen LogP) is 2.30. The zero-order valence-electron chi connectivity index (χ0n) is 9.25. The number of aldehydes is 1. The zero-order valence-corrected chi connectivity index (χ0v) is 10.0. The van der Waals surface area contributed by atoms with Crippen LogP contribution in [0.1, 0.15) is 12.5 Å². The number of carbonyl (C=O) groups is 2. The number of esters is 1. The Labute approximate surface area is 107 Å². The summed E-state index contributed by atoms with van der Waals surface area (Å²) in [5, 5.41) is 10.9. The quantitative estimate of drug-likeness (QED) is 0.209. The van der Waals surface area contributed by atoms with Crippen LogP contribution in [0, 0.1) is 10.1 Å². The minimum Gasteiger partial charge on any atom is -0.419 e. The van der Waals surface area contributed by atoms with Crippen LogP contribution < -0.4 is 4.74 Å². The summed E-state index contributed by atoms with van der Waals surface area (Å²) in [7, 11) is 0. The summed E-state index contributed by atoms with van der Waals surface area (Å²) in [5.74, 6) is -0.841. The summed E-state index contributed by atoms with van der Waals surface area (Å²) in [5.41, 5.74) is -0.119. The molecule has 0 spiro atoms. The van der Waals surface area contributed by atoms with Gasteiger partial charge in [-0.3, -0.25) is 19.7 Å². The van der Waals surface area contributed by atoms with E-state index in [2.05, 4.69) is 4.74 Å². The number of halogens is 1. The van der Waals surface area contributed by atoms with E-state index in [4.69, 9.17) is 11.6 Å². The van der Waals surface area contributed by atoms with Gasteiger partial charge in [0.25, 0.3) is 0 Å². The van der Waals surface area contributed by atoms with Crippen molar-refractivity contribution in [3.05, 3.63) is 40.0 Å². The Morgan fingerprint density at radius 1 is 1.50 bits per heavy atom. The van der Waals surface area contributed by atoms with Crippen molar-refractivity contribution in [3.63, 3.8) is 0 Å². The first-order valence-corrected chi connectivity index (χ1v) is 5.11. The number of hydrogen-bond donors (Lipinski definition) is 0. The van der Waals surface area contributed by atoms with Gasteiger partial charge in [0.15, 0.2) is 0 Å². The molecule has 0 aromatic heterocycles. The van der Waals surface area contributed by atoms with Gasteiger partial charge in [-0.2, -0.15) is 0 Å². The molecule has 0 radical (unpaired) electrons. The second-order valence-corrected chi connectivity index (χ2v) is 3.59. The van der Waals surface area contributed by atoms with Gasteiger partial charge >= 0.3 is 11.7 Å². The molecule has 1 aromatic carbocycles. The van der Waals surface area contributed by atoms with Crippen LogP contribution in [0.3, 0.4) is 0 Å². The van der Waals surface area contributed by atoms with E-state index in [0.29, 0.717) is 6.29 Å². The van der Waals surface area contributed by atoms with Gasteiger partial charge in [0, 0.05) is 18.6 Å². The van der Waals surface area contributed by atoms with Crippen LogP contribution in [0.15, 0.2) is 24.3 Å². The molecule has 0 aliphatic carbocycles. The van der Waals surface area contributed by atoms with E-state index < -0.39 is 16.6 Å². The van der Waals surface area contributed by atoms with Crippen LogP contribution in [-0.4, -0.2) is 17.2 Å². The average Bonchev–Trinajstić information content (AvgIpc) is 2.28. The first kappa shape index (κ1) is 13.9. The van der Waals surface area contributed by atoms with E-state index in [9.17, 15) is 19.7 Å². The topological polar surface area (TPSA) is 86.5 Å². The van der Waals surface area contributed by atoms with Crippen LogP contribution in [0.25, 0.3) is 5.03 Å². The maximum atomic E-state index is 10.8. The van der Waals surface area contributed by atoms with Crippen LogP contribution in [0.5, 0.6) is 5.75 Å². The van der Waals surface area contributed by atoms with E-state index in [0.717, 1.165) is 19.1 Å². The molecule has 0 atom stereocenters. The van der Waals surface area contributed by atoms with Gasteiger partial charge in [-0.05, 0) is 18.2 Å². The van der Waals surface area contributed by atoms with E-state index in [1.165, 1.54) is 12.1 Å². The lowest BCUT2D eigenvalue weighted by Crippen LogP contribution is -2.04. The number of nitro benzene ring substituents is 1. The van der Waals surface area contributed by atoms with Crippen molar-refractivity contribution in [3.8, 4) is 5.75 Å². The summed E-state index contributed by atoms with van der Waals surface area (Å²) in [4.78, 5) is 31.2. The molecular weight excluding hydrogens is 262 g/mol. The van der Waals surface area contributed by atoms with E-state index in [1.807, 2.05) is 0 Å². The summed E-state index contributed by atoms with van der Waals surface area (Å²) < 4.78 is 4.69. The Bertz CT molecular complexity index is 538. The number of hydrogen-bond acceptors (Lipinski definition) is 5. The highest BCUT2D eigenvalue weighted by Gasteiger charge is 2.18. The molecule has 0 fully saturated rings. The molecule has 0 aliphatic rings. The number of rotatable bonds is 4. The second kappa shape index (κ2) is 5.92. The van der Waals surface area contributed by atoms with Crippen molar-refractivity contribution >= 4 is 34.6 Å². The van der Waals surface area contributed by atoms with Crippen LogP contribution in [0.4, 0.5) is 5.69 Å². The molecule has 1 aromatic rings. The summed E-state index contributed by atoms with van der Waals surface area (Å²) in [6.45, 7) is 1.14. The van der Waals surface area contributed by atoms with Gasteiger partial charge in [-0.1, -0.05) is 11.6 Å². The predicted molar refractivity (Wildman–Crippen MR) is 64.3 cm³/mol. The highest BCUT2D eigenvalue weighted by atomic mass is 35.5. The molecule has 94 valence electrons. The minimum absolute atomic E-state index is 0.0578. The minimum atomic E-state index is -0.702. The van der Waals surface area contributed by atoms with Crippen molar-refractivity contribution in [1.82, 2.24) is 0 Å². The van der Waals surface area contributed by atoms with Crippen molar-refractivity contribution in [2.75, 3.05) is 0 Å². The first-order valence-electron chi connectivity index (χ1n) is 4.74. The molecular formula is C11H8ClNO5. The number of ether oxygens (including phenoxy) is 1. The second-order valence-electron chi connectivity index (χ2n) is 3.18. The third-order valence-corrected chi connectivity index (χ3v) is 2.24. The van der Waals surface area contributed by atoms with E-state index in [-0.39, 0.29) is 16.3 Å². The standard InChI is InChI=1S/C11H8ClNO5/c1-7(15)18-11-3-2-8(9(12)4-5-14)6-10(11)13(16)17/h2-6H,1H3. The number of benzene rings is 1. The number of allylic oxidation sites excluding steroid dienone is 1. The van der Waals surface area contributed by atoms with Crippen molar-refractivity contribution in [2.45, 2.75) is 6.92 Å². The fourth-order valence-electron chi connectivity index (χ4n) is 1.21. The Kier molecular flexibility index (Phi) is 4.56. The SMILES string of the molecule is CC(=O)Oc1ccc(C(Cl)=CC=O)cc1[N+](=O)[O-]. The summed E-state index contributed by atoms with van der Waals surface area (Å²) in [6.07, 6.45) is 1.53. The Morgan fingerprint density at radius 3 is 2.67 bits per heavy atom. The Balaban J connectivity index is 3.27. The third kappa shape index (κ3) is 3.39. The average molecular weight is 270 g/mol. The van der Waals surface area contributed by atoms with Crippen LogP contribution in [0.2, 0.25) is 0 Å². The number of nitrogens with zero attached hydrogens (tertiary/aromatic N) is 1. The van der Waals surface area contributed by atoms with Gasteiger partial charge in [0.2, 0.25) is 5.75 Å². The molecule has 1 rings (SSSR count). The van der Waals surface area contributed by atoms with Crippen molar-refractivity contribution < 1.29 is 19.2 Å². The zero-order chi connectivity index (χ0) is 13.7. The molecule has 0 heterocycles. The van der Waals surface area contributed by atoms with Gasteiger partial charge < -0.3 is 4.74 Å². The summed E-state index contributed by atoms with van der Waals surface area (Å²) in [6, 6.07) is 3.78. The van der Waals surface area contributed by atoms with Crippen molar-refractivity contribution in [1.29, 1.82) is 0 Å². The molecule has 0 bridgehead atoms. The summed E-state index contributed by atoms with van der Waals surface area (Å²) >= 11 is 5.74. The van der Waals surface area contributed by atoms with Gasteiger partial charge in [0.05, 0.1) is 9.96 Å². The van der Waals surface area contributed by atoms with Crippen molar-refractivity contribution in [2.24, 2.45) is 0 Å². The lowest BCUT2D eigenvalue weighted by molar-refractivity contribution is -0.385. The maximum absolute atomic E-state index is 10.8. The molecule has 7 heteroatoms. The highest BCUT2D eigenvalue weighted by Crippen LogP contribution is 2.31. The molecule has 0 amide bonds. The van der Waals surface area contributed by atoms with Crippen LogP contribution in [-0.2, 0) is 9.59 Å². The Morgan fingerprint density at radius 2 is 2.17 bits per heavy atom. The van der Waals surface area contributed by atoms with Crippen LogP contribution >= 0.6 is 11.6 Å². The van der Waals surface area contributed by atoms with Gasteiger partial charge in [-0.25, -0.2) is 0 Å². The van der Waals surface area contributed by atoms with E-state index >= 15 is 0 Å². The molecule has 6 nitrogen and oxygen atoms in total. The number of nitro groups is 1. The lowest BCUT2D eigenvalue weighted by atomic mass is 10.1. The monoisotopic (exact) mass is 269 g/mol. The van der Waals surface area contributed by atoms with Gasteiger partial charge in [-0.15, -0.1) is 0 Å². The molecule has 18 heavy (non-hydrogen) atoms. The molecule has 0 saturated heterocycles. The smallest absolute Gasteiger partial charge is 0.312 e. The van der Waals surface area contributed by atoms with E-state index in [1.54, 1.807) is 0 Å². The normalized spacial score (nSPS) is 10.9. The lowest BCUT2D eigenvalue weighted by Gasteiger charge is -2.04. The fourth-order valence-corrected chi connectivity index (χ4v) is 1.37. The Hall–Kier alpha value is -2.21. The largest absolute Gasteiger partial charge is 0.419 e. The third-order valence-electron chi connectivity index (χ3n) is 1.90. The molecule has 0 N–H and O–H groups in total. The van der Waals surface area contributed by atoms with Gasteiger partial charge in [0.1, 0.15) is 6.29 Å². The fraction of sp³-hybridized carbons (Fsp3) is 0.0909. The maximum Gasteiger partial charge on any atom is 0.312 e.